The van der Waals surface area contributed by atoms with E-state index in [4.69, 9.17) is 4.74 Å². The monoisotopic (exact) mass is 409 g/mol. The van der Waals surface area contributed by atoms with Gasteiger partial charge in [-0.2, -0.15) is 0 Å². The lowest BCUT2D eigenvalue weighted by molar-refractivity contribution is -0.122. The molecule has 0 bridgehead atoms. The average Bonchev–Trinajstić information content (AvgIpc) is 2.46. The standard InChI is InChI=1S/C18H20INO2/c1-4-17(22-16-10-12(2)9-13(3)11-16)18(21)20-15-7-5-14(19)6-8-15/h5-11,17H,4H2,1-3H3,(H,20,21)/t17-/m1/s1. The lowest BCUT2D eigenvalue weighted by Gasteiger charge is -2.18. The van der Waals surface area contributed by atoms with Gasteiger partial charge in [-0.3, -0.25) is 4.79 Å². The zero-order valence-corrected chi connectivity index (χ0v) is 15.2. The fraction of sp³-hybridized carbons (Fsp3) is 0.278. The first-order valence-electron chi connectivity index (χ1n) is 7.29. The Bertz CT molecular complexity index is 632. The summed E-state index contributed by atoms with van der Waals surface area (Å²) in [7, 11) is 0. The SMILES string of the molecule is CC[C@@H](Oc1cc(C)cc(C)c1)C(=O)Nc1ccc(I)cc1. The van der Waals surface area contributed by atoms with Crippen molar-refractivity contribution in [2.45, 2.75) is 33.3 Å². The van der Waals surface area contributed by atoms with Crippen molar-refractivity contribution in [2.75, 3.05) is 5.32 Å². The van der Waals surface area contributed by atoms with Gasteiger partial charge in [0.05, 0.1) is 0 Å². The minimum absolute atomic E-state index is 0.122. The van der Waals surface area contributed by atoms with Gasteiger partial charge in [-0.25, -0.2) is 0 Å². The van der Waals surface area contributed by atoms with Crippen molar-refractivity contribution in [3.8, 4) is 5.75 Å². The molecule has 2 rings (SSSR count). The third-order valence-corrected chi connectivity index (χ3v) is 3.97. The van der Waals surface area contributed by atoms with Crippen LogP contribution in [-0.2, 0) is 4.79 Å². The summed E-state index contributed by atoms with van der Waals surface area (Å²) in [6.07, 6.45) is 0.115. The highest BCUT2D eigenvalue weighted by atomic mass is 127. The van der Waals surface area contributed by atoms with Crippen LogP contribution in [0.2, 0.25) is 0 Å². The predicted molar refractivity (Wildman–Crippen MR) is 98.4 cm³/mol. The summed E-state index contributed by atoms with van der Waals surface area (Å²) in [6, 6.07) is 13.7. The third kappa shape index (κ3) is 4.73. The Kier molecular flexibility index (Phi) is 5.83. The van der Waals surface area contributed by atoms with Crippen LogP contribution in [0.25, 0.3) is 0 Å². The van der Waals surface area contributed by atoms with Crippen LogP contribution in [0.1, 0.15) is 24.5 Å². The van der Waals surface area contributed by atoms with Crippen LogP contribution in [0.5, 0.6) is 5.75 Å². The highest BCUT2D eigenvalue weighted by Gasteiger charge is 2.18. The van der Waals surface area contributed by atoms with Gasteiger partial charge in [-0.05, 0) is 90.4 Å². The molecule has 0 aromatic heterocycles. The molecular weight excluding hydrogens is 389 g/mol. The van der Waals surface area contributed by atoms with Crippen LogP contribution in [-0.4, -0.2) is 12.0 Å². The fourth-order valence-corrected chi connectivity index (χ4v) is 2.60. The Hall–Kier alpha value is -1.56. The molecule has 1 amide bonds. The number of hydrogen-bond donors (Lipinski definition) is 1. The smallest absolute Gasteiger partial charge is 0.265 e. The zero-order chi connectivity index (χ0) is 16.1. The van der Waals surface area contributed by atoms with Crippen LogP contribution in [0.3, 0.4) is 0 Å². The predicted octanol–water partition coefficient (Wildman–Crippen LogP) is 4.70. The van der Waals surface area contributed by atoms with Gasteiger partial charge in [0.25, 0.3) is 5.91 Å². The number of ether oxygens (including phenoxy) is 1. The molecule has 0 heterocycles. The van der Waals surface area contributed by atoms with Gasteiger partial charge >= 0.3 is 0 Å². The van der Waals surface area contributed by atoms with Gasteiger partial charge in [0.1, 0.15) is 5.75 Å². The number of carbonyl (C=O) groups is 1. The molecule has 22 heavy (non-hydrogen) atoms. The quantitative estimate of drug-likeness (QED) is 0.727. The Balaban J connectivity index is 2.06. The molecule has 0 saturated carbocycles. The van der Waals surface area contributed by atoms with Crippen molar-refractivity contribution in [1.82, 2.24) is 0 Å². The zero-order valence-electron chi connectivity index (χ0n) is 13.0. The summed E-state index contributed by atoms with van der Waals surface area (Å²) in [5.74, 6) is 0.616. The number of carbonyl (C=O) groups excluding carboxylic acids is 1. The summed E-state index contributed by atoms with van der Waals surface area (Å²) < 4.78 is 7.00. The number of amides is 1. The van der Waals surface area contributed by atoms with E-state index < -0.39 is 6.10 Å². The van der Waals surface area contributed by atoms with E-state index in [2.05, 4.69) is 34.0 Å². The van der Waals surface area contributed by atoms with Crippen molar-refractivity contribution in [3.63, 3.8) is 0 Å². The molecule has 1 atom stereocenters. The molecule has 0 aliphatic rings. The van der Waals surface area contributed by atoms with Gasteiger partial charge in [-0.1, -0.05) is 13.0 Å². The first-order chi connectivity index (χ1) is 10.5. The molecule has 3 nitrogen and oxygen atoms in total. The number of anilines is 1. The lowest BCUT2D eigenvalue weighted by atomic mass is 10.1. The summed E-state index contributed by atoms with van der Waals surface area (Å²) in [6.45, 7) is 5.99. The van der Waals surface area contributed by atoms with Gasteiger partial charge in [0, 0.05) is 9.26 Å². The summed E-state index contributed by atoms with van der Waals surface area (Å²) in [4.78, 5) is 12.4. The van der Waals surface area contributed by atoms with Crippen molar-refractivity contribution in [2.24, 2.45) is 0 Å². The lowest BCUT2D eigenvalue weighted by Crippen LogP contribution is -2.32. The van der Waals surface area contributed by atoms with Gasteiger partial charge in [0.2, 0.25) is 0 Å². The number of benzene rings is 2. The molecule has 0 radical (unpaired) electrons. The molecule has 116 valence electrons. The van der Waals surface area contributed by atoms with Gasteiger partial charge < -0.3 is 10.1 Å². The molecule has 2 aromatic carbocycles. The number of rotatable bonds is 5. The molecule has 0 unspecified atom stereocenters. The van der Waals surface area contributed by atoms with Crippen LogP contribution >= 0.6 is 22.6 Å². The Morgan fingerprint density at radius 2 is 1.73 bits per heavy atom. The van der Waals surface area contributed by atoms with Crippen molar-refractivity contribution in [1.29, 1.82) is 0 Å². The van der Waals surface area contributed by atoms with Crippen molar-refractivity contribution >= 4 is 34.2 Å². The minimum Gasteiger partial charge on any atom is -0.481 e. The molecular formula is C18H20INO2. The van der Waals surface area contributed by atoms with E-state index in [1.807, 2.05) is 57.2 Å². The van der Waals surface area contributed by atoms with E-state index in [1.165, 1.54) is 0 Å². The molecule has 0 spiro atoms. The Labute approximate surface area is 145 Å². The largest absolute Gasteiger partial charge is 0.481 e. The molecule has 0 aliphatic heterocycles. The third-order valence-electron chi connectivity index (χ3n) is 3.25. The molecule has 0 aliphatic carbocycles. The maximum Gasteiger partial charge on any atom is 0.265 e. The summed E-state index contributed by atoms with van der Waals surface area (Å²) >= 11 is 2.23. The normalized spacial score (nSPS) is 11.8. The van der Waals surface area contributed by atoms with E-state index in [0.29, 0.717) is 6.42 Å². The molecule has 4 heteroatoms. The van der Waals surface area contributed by atoms with Gasteiger partial charge in [0.15, 0.2) is 6.10 Å². The Morgan fingerprint density at radius 1 is 1.14 bits per heavy atom. The second-order valence-electron chi connectivity index (χ2n) is 5.33. The maximum atomic E-state index is 12.4. The molecule has 0 fully saturated rings. The summed E-state index contributed by atoms with van der Waals surface area (Å²) in [5.41, 5.74) is 3.04. The second kappa shape index (κ2) is 7.63. The first-order valence-corrected chi connectivity index (χ1v) is 8.37. The van der Waals surface area contributed by atoms with E-state index in [-0.39, 0.29) is 5.91 Å². The molecule has 0 saturated heterocycles. The maximum absolute atomic E-state index is 12.4. The Morgan fingerprint density at radius 3 is 2.27 bits per heavy atom. The van der Waals surface area contributed by atoms with Crippen LogP contribution in [0.15, 0.2) is 42.5 Å². The highest BCUT2D eigenvalue weighted by Crippen LogP contribution is 2.19. The molecule has 1 N–H and O–H groups in total. The van der Waals surface area contributed by atoms with Crippen molar-refractivity contribution in [3.05, 3.63) is 57.2 Å². The number of hydrogen-bond acceptors (Lipinski definition) is 2. The second-order valence-corrected chi connectivity index (χ2v) is 6.58. The topological polar surface area (TPSA) is 38.3 Å². The minimum atomic E-state index is -0.500. The van der Waals surface area contributed by atoms with E-state index >= 15 is 0 Å². The van der Waals surface area contributed by atoms with Crippen LogP contribution in [0.4, 0.5) is 5.69 Å². The average molecular weight is 409 g/mol. The van der Waals surface area contributed by atoms with Crippen molar-refractivity contribution < 1.29 is 9.53 Å². The van der Waals surface area contributed by atoms with Crippen LogP contribution < -0.4 is 10.1 Å². The van der Waals surface area contributed by atoms with Crippen LogP contribution in [0, 0.1) is 17.4 Å². The van der Waals surface area contributed by atoms with E-state index in [1.54, 1.807) is 0 Å². The van der Waals surface area contributed by atoms with Gasteiger partial charge in [-0.15, -0.1) is 0 Å². The highest BCUT2D eigenvalue weighted by molar-refractivity contribution is 14.1. The number of halogens is 1. The first kappa shape index (κ1) is 16.8. The summed E-state index contributed by atoms with van der Waals surface area (Å²) in [5, 5.41) is 2.90. The number of aryl methyl sites for hydroxylation is 2. The van der Waals surface area contributed by atoms with E-state index in [0.717, 1.165) is 26.1 Å². The van der Waals surface area contributed by atoms with E-state index in [9.17, 15) is 4.79 Å². The molecule has 2 aromatic rings. The fourth-order valence-electron chi connectivity index (χ4n) is 2.24. The number of nitrogens with one attached hydrogen (secondary N) is 1.